The molecule has 1 aromatic heterocycles. The fourth-order valence-corrected chi connectivity index (χ4v) is 2.21. The van der Waals surface area contributed by atoms with E-state index in [0.717, 1.165) is 12.3 Å². The highest BCUT2D eigenvalue weighted by molar-refractivity contribution is 7.99. The predicted octanol–water partition coefficient (Wildman–Crippen LogP) is 4.13. The van der Waals surface area contributed by atoms with Gasteiger partial charge in [0.15, 0.2) is 0 Å². The van der Waals surface area contributed by atoms with Crippen molar-refractivity contribution in [3.8, 4) is 6.07 Å². The predicted molar refractivity (Wildman–Crippen MR) is 64.0 cm³/mol. The highest BCUT2D eigenvalue weighted by atomic mass is 32.2. The molecule has 18 heavy (non-hydrogen) atoms. The van der Waals surface area contributed by atoms with Crippen LogP contribution < -0.4 is 0 Å². The fraction of sp³-hybridized carbons (Fsp3) is 0.500. The van der Waals surface area contributed by atoms with Crippen molar-refractivity contribution >= 4 is 11.8 Å². The van der Waals surface area contributed by atoms with Gasteiger partial charge in [-0.1, -0.05) is 0 Å². The van der Waals surface area contributed by atoms with E-state index in [1.165, 1.54) is 17.8 Å². The second kappa shape index (κ2) is 5.61. The van der Waals surface area contributed by atoms with Gasteiger partial charge in [0.2, 0.25) is 0 Å². The van der Waals surface area contributed by atoms with E-state index in [1.807, 2.05) is 13.8 Å². The minimum Gasteiger partial charge on any atom is -0.249 e. The molecule has 0 spiro atoms. The normalized spacial score (nSPS) is 12.2. The molecule has 0 aliphatic heterocycles. The van der Waals surface area contributed by atoms with E-state index in [9.17, 15) is 13.2 Å². The lowest BCUT2D eigenvalue weighted by atomic mass is 9.93. The molecule has 0 N–H and O–H groups in total. The molecule has 0 aliphatic carbocycles. The monoisotopic (exact) mass is 274 g/mol. The molecule has 0 bridgehead atoms. The van der Waals surface area contributed by atoms with E-state index < -0.39 is 17.2 Å². The molecule has 98 valence electrons. The van der Waals surface area contributed by atoms with E-state index in [2.05, 4.69) is 11.1 Å². The average molecular weight is 274 g/mol. The van der Waals surface area contributed by atoms with Crippen LogP contribution in [0.25, 0.3) is 0 Å². The maximum atomic E-state index is 12.3. The second-order valence-electron chi connectivity index (χ2n) is 4.48. The maximum absolute atomic E-state index is 12.3. The first-order valence-electron chi connectivity index (χ1n) is 5.32. The largest absolute Gasteiger partial charge is 0.417 e. The lowest BCUT2D eigenvalue weighted by Gasteiger charge is -2.13. The summed E-state index contributed by atoms with van der Waals surface area (Å²) in [5, 5.41) is 9.36. The number of halogens is 3. The molecule has 6 heteroatoms. The molecule has 2 nitrogen and oxygen atoms in total. The third-order valence-corrected chi connectivity index (χ3v) is 3.29. The summed E-state index contributed by atoms with van der Waals surface area (Å²) in [5.41, 5.74) is -1.16. The Labute approximate surface area is 108 Å². The molecule has 0 radical (unpaired) electrons. The summed E-state index contributed by atoms with van der Waals surface area (Å²) in [7, 11) is 0. The molecule has 0 amide bonds. The van der Waals surface area contributed by atoms with Gasteiger partial charge in [0, 0.05) is 11.9 Å². The van der Waals surface area contributed by atoms with Gasteiger partial charge in [-0.3, -0.25) is 0 Å². The first-order chi connectivity index (χ1) is 8.24. The SMILES string of the molecule is CC(C)(C#N)CCSc1ccc(C(F)(F)F)cn1. The first-order valence-corrected chi connectivity index (χ1v) is 6.30. The Bertz CT molecular complexity index is 432. The molecule has 0 fully saturated rings. The van der Waals surface area contributed by atoms with Crippen LogP contribution in [0.5, 0.6) is 0 Å². The van der Waals surface area contributed by atoms with Gasteiger partial charge in [-0.05, 0) is 32.4 Å². The summed E-state index contributed by atoms with van der Waals surface area (Å²) in [5.74, 6) is 0.652. The third kappa shape index (κ3) is 4.57. The maximum Gasteiger partial charge on any atom is 0.417 e. The second-order valence-corrected chi connectivity index (χ2v) is 5.59. The first kappa shape index (κ1) is 14.8. The number of nitriles is 1. The van der Waals surface area contributed by atoms with Crippen molar-refractivity contribution in [3.05, 3.63) is 23.9 Å². The molecular formula is C12H13F3N2S. The number of hydrogen-bond acceptors (Lipinski definition) is 3. The Hall–Kier alpha value is -1.22. The van der Waals surface area contributed by atoms with Gasteiger partial charge in [0.1, 0.15) is 0 Å². The number of aromatic nitrogens is 1. The molecule has 0 atom stereocenters. The molecule has 0 saturated heterocycles. The Morgan fingerprint density at radius 2 is 2.00 bits per heavy atom. The van der Waals surface area contributed by atoms with Gasteiger partial charge in [0.25, 0.3) is 0 Å². The zero-order chi connectivity index (χ0) is 13.8. The van der Waals surface area contributed by atoms with Crippen molar-refractivity contribution in [1.82, 2.24) is 4.98 Å². The molecule has 1 rings (SSSR count). The van der Waals surface area contributed by atoms with Crippen molar-refractivity contribution in [2.45, 2.75) is 31.5 Å². The summed E-state index contributed by atoms with van der Waals surface area (Å²) < 4.78 is 36.9. The summed E-state index contributed by atoms with van der Waals surface area (Å²) in [6.07, 6.45) is -2.85. The van der Waals surface area contributed by atoms with Gasteiger partial charge in [-0.15, -0.1) is 11.8 Å². The van der Waals surface area contributed by atoms with Crippen molar-refractivity contribution in [2.24, 2.45) is 5.41 Å². The summed E-state index contributed by atoms with van der Waals surface area (Å²) in [4.78, 5) is 3.75. The Morgan fingerprint density at radius 1 is 1.33 bits per heavy atom. The van der Waals surface area contributed by atoms with Crippen LogP contribution in [0.4, 0.5) is 13.2 Å². The highest BCUT2D eigenvalue weighted by Crippen LogP contribution is 2.30. The van der Waals surface area contributed by atoms with Crippen molar-refractivity contribution in [1.29, 1.82) is 5.26 Å². The van der Waals surface area contributed by atoms with Crippen LogP contribution >= 0.6 is 11.8 Å². The molecule has 0 aliphatic rings. The minimum absolute atomic E-state index is 0.418. The third-order valence-electron chi connectivity index (χ3n) is 2.34. The van der Waals surface area contributed by atoms with E-state index in [1.54, 1.807) is 0 Å². The van der Waals surface area contributed by atoms with E-state index in [4.69, 9.17) is 5.26 Å². The number of pyridine rings is 1. The zero-order valence-corrected chi connectivity index (χ0v) is 10.9. The van der Waals surface area contributed by atoms with E-state index >= 15 is 0 Å². The number of nitrogens with zero attached hydrogens (tertiary/aromatic N) is 2. The van der Waals surface area contributed by atoms with E-state index in [-0.39, 0.29) is 0 Å². The molecule has 1 heterocycles. The highest BCUT2D eigenvalue weighted by Gasteiger charge is 2.30. The van der Waals surface area contributed by atoms with Crippen LogP contribution in [-0.4, -0.2) is 10.7 Å². The molecule has 0 unspecified atom stereocenters. The van der Waals surface area contributed by atoms with Gasteiger partial charge in [-0.25, -0.2) is 4.98 Å². The zero-order valence-electron chi connectivity index (χ0n) is 10.1. The lowest BCUT2D eigenvalue weighted by Crippen LogP contribution is -2.09. The van der Waals surface area contributed by atoms with Crippen LogP contribution in [0, 0.1) is 16.7 Å². The van der Waals surface area contributed by atoms with E-state index in [0.29, 0.717) is 17.2 Å². The summed E-state index contributed by atoms with van der Waals surface area (Å²) >= 11 is 1.35. The smallest absolute Gasteiger partial charge is 0.249 e. The van der Waals surface area contributed by atoms with Gasteiger partial charge in [-0.2, -0.15) is 18.4 Å². The average Bonchev–Trinajstić information content (AvgIpc) is 2.28. The standard InChI is InChI=1S/C12H13F3N2S/c1-11(2,8-16)5-6-18-10-4-3-9(7-17-10)12(13,14)15/h3-4,7H,5-6H2,1-2H3. The molecule has 0 saturated carbocycles. The topological polar surface area (TPSA) is 36.7 Å². The fourth-order valence-electron chi connectivity index (χ4n) is 1.10. The Morgan fingerprint density at radius 3 is 2.44 bits per heavy atom. The number of alkyl halides is 3. The van der Waals surface area contributed by atoms with Crippen molar-refractivity contribution in [3.63, 3.8) is 0 Å². The molecular weight excluding hydrogens is 261 g/mol. The minimum atomic E-state index is -4.35. The van der Waals surface area contributed by atoms with Crippen molar-refractivity contribution in [2.75, 3.05) is 5.75 Å². The number of rotatable bonds is 4. The number of thioether (sulfide) groups is 1. The Balaban J connectivity index is 2.53. The lowest BCUT2D eigenvalue weighted by molar-refractivity contribution is -0.137. The van der Waals surface area contributed by atoms with Crippen LogP contribution in [0.15, 0.2) is 23.4 Å². The van der Waals surface area contributed by atoms with Gasteiger partial charge in [0.05, 0.1) is 22.1 Å². The Kier molecular flexibility index (Phi) is 4.63. The van der Waals surface area contributed by atoms with Crippen LogP contribution in [0.3, 0.4) is 0 Å². The number of hydrogen-bond donors (Lipinski definition) is 0. The summed E-state index contributed by atoms with van der Waals surface area (Å²) in [6.45, 7) is 3.65. The quantitative estimate of drug-likeness (QED) is 0.774. The van der Waals surface area contributed by atoms with Crippen LogP contribution in [0.2, 0.25) is 0 Å². The van der Waals surface area contributed by atoms with Gasteiger partial charge < -0.3 is 0 Å². The molecule has 1 aromatic rings. The van der Waals surface area contributed by atoms with Crippen LogP contribution in [-0.2, 0) is 6.18 Å². The summed E-state index contributed by atoms with van der Waals surface area (Å²) in [6, 6.07) is 4.55. The van der Waals surface area contributed by atoms with Crippen LogP contribution in [0.1, 0.15) is 25.8 Å². The van der Waals surface area contributed by atoms with Crippen molar-refractivity contribution < 1.29 is 13.2 Å². The molecule has 0 aromatic carbocycles. The van der Waals surface area contributed by atoms with Gasteiger partial charge >= 0.3 is 6.18 Å².